The van der Waals surface area contributed by atoms with Crippen LogP contribution in [0.3, 0.4) is 0 Å². The zero-order valence-corrected chi connectivity index (χ0v) is 19.9. The Balaban J connectivity index is 1.71. The van der Waals surface area contributed by atoms with Gasteiger partial charge in [-0.25, -0.2) is 0 Å². The summed E-state index contributed by atoms with van der Waals surface area (Å²) >= 11 is 0. The number of benzene rings is 2. The van der Waals surface area contributed by atoms with Gasteiger partial charge in [-0.15, -0.1) is 0 Å². The molecule has 2 aromatic rings. The van der Waals surface area contributed by atoms with Gasteiger partial charge < -0.3 is 25.5 Å². The second-order valence-corrected chi connectivity index (χ2v) is 8.93. The molecule has 1 aliphatic heterocycles. The van der Waals surface area contributed by atoms with E-state index in [1.165, 1.54) is 0 Å². The van der Waals surface area contributed by atoms with Crippen LogP contribution in [0.15, 0.2) is 48.5 Å². The molecular formula is C26H34N4O4. The van der Waals surface area contributed by atoms with Crippen LogP contribution >= 0.6 is 0 Å². The zero-order valence-electron chi connectivity index (χ0n) is 19.9. The van der Waals surface area contributed by atoms with Crippen LogP contribution in [0.2, 0.25) is 0 Å². The number of fused-ring (bicyclic) bond motifs is 1. The monoisotopic (exact) mass is 466 g/mol. The van der Waals surface area contributed by atoms with Gasteiger partial charge >= 0.3 is 5.97 Å². The lowest BCUT2D eigenvalue weighted by atomic mass is 10.1. The lowest BCUT2D eigenvalue weighted by Crippen LogP contribution is -2.42. The summed E-state index contributed by atoms with van der Waals surface area (Å²) in [5, 5.41) is 15.4. The largest absolute Gasteiger partial charge is 0.481 e. The summed E-state index contributed by atoms with van der Waals surface area (Å²) in [5.41, 5.74) is 3.08. The molecule has 3 N–H and O–H groups in total. The first kappa shape index (κ1) is 25.2. The molecule has 0 saturated carbocycles. The summed E-state index contributed by atoms with van der Waals surface area (Å²) in [6.45, 7) is 2.40. The molecule has 0 aliphatic carbocycles. The third-order valence-corrected chi connectivity index (χ3v) is 5.88. The first-order valence-electron chi connectivity index (χ1n) is 11.7. The van der Waals surface area contributed by atoms with Crippen LogP contribution in [-0.4, -0.2) is 72.5 Å². The predicted octanol–water partition coefficient (Wildman–Crippen LogP) is 2.60. The highest BCUT2D eigenvalue weighted by atomic mass is 16.4. The van der Waals surface area contributed by atoms with E-state index in [2.05, 4.69) is 15.5 Å². The van der Waals surface area contributed by atoms with Crippen LogP contribution in [0.4, 0.5) is 5.69 Å². The van der Waals surface area contributed by atoms with Crippen molar-refractivity contribution in [2.75, 3.05) is 39.0 Å². The maximum absolute atomic E-state index is 13.2. The van der Waals surface area contributed by atoms with Crippen molar-refractivity contribution >= 4 is 23.5 Å². The summed E-state index contributed by atoms with van der Waals surface area (Å²) in [6, 6.07) is 14.3. The minimum absolute atomic E-state index is 0.180. The Kier molecular flexibility index (Phi) is 9.04. The summed E-state index contributed by atoms with van der Waals surface area (Å²) in [4.78, 5) is 41.0. The van der Waals surface area contributed by atoms with Crippen molar-refractivity contribution < 1.29 is 19.5 Å². The van der Waals surface area contributed by atoms with E-state index >= 15 is 0 Å². The average Bonchev–Trinajstić information content (AvgIpc) is 2.93. The van der Waals surface area contributed by atoms with Crippen molar-refractivity contribution in [3.63, 3.8) is 0 Å². The Bertz CT molecular complexity index is 994. The average molecular weight is 467 g/mol. The molecule has 2 amide bonds. The summed E-state index contributed by atoms with van der Waals surface area (Å²) in [5.74, 6) is -1.48. The van der Waals surface area contributed by atoms with Crippen LogP contribution in [-0.2, 0) is 22.6 Å². The van der Waals surface area contributed by atoms with Crippen LogP contribution in [0, 0.1) is 0 Å². The molecule has 34 heavy (non-hydrogen) atoms. The smallest absolute Gasteiger partial charge is 0.305 e. The Morgan fingerprint density at radius 1 is 1.15 bits per heavy atom. The molecular weight excluding hydrogens is 432 g/mol. The fourth-order valence-corrected chi connectivity index (χ4v) is 4.01. The highest BCUT2D eigenvalue weighted by molar-refractivity contribution is 5.96. The number of aliphatic carboxylic acids is 1. The van der Waals surface area contributed by atoms with Crippen LogP contribution in [0.1, 0.15) is 40.7 Å². The van der Waals surface area contributed by atoms with E-state index in [0.717, 1.165) is 30.5 Å². The number of hydrogen-bond acceptors (Lipinski definition) is 5. The van der Waals surface area contributed by atoms with Crippen LogP contribution in [0.5, 0.6) is 0 Å². The maximum atomic E-state index is 13.2. The summed E-state index contributed by atoms with van der Waals surface area (Å²) < 4.78 is 0. The van der Waals surface area contributed by atoms with E-state index in [9.17, 15) is 19.5 Å². The quantitative estimate of drug-likeness (QED) is 0.440. The molecule has 1 heterocycles. The Morgan fingerprint density at radius 3 is 2.62 bits per heavy atom. The Labute approximate surface area is 200 Å². The minimum Gasteiger partial charge on any atom is -0.481 e. The molecule has 0 aromatic heterocycles. The van der Waals surface area contributed by atoms with Gasteiger partial charge in [0.2, 0.25) is 5.91 Å². The van der Waals surface area contributed by atoms with E-state index in [4.69, 9.17) is 0 Å². The Morgan fingerprint density at radius 2 is 1.91 bits per heavy atom. The van der Waals surface area contributed by atoms with Crippen molar-refractivity contribution in [1.29, 1.82) is 0 Å². The number of carboxylic acid groups (broad SMARTS) is 1. The van der Waals surface area contributed by atoms with Crippen molar-refractivity contribution in [2.24, 2.45) is 0 Å². The number of nitrogens with one attached hydrogen (secondary N) is 2. The van der Waals surface area contributed by atoms with E-state index < -0.39 is 12.0 Å². The van der Waals surface area contributed by atoms with E-state index in [-0.39, 0.29) is 18.2 Å². The first-order valence-corrected chi connectivity index (χ1v) is 11.7. The molecule has 182 valence electrons. The third-order valence-electron chi connectivity index (χ3n) is 5.88. The third kappa shape index (κ3) is 7.31. The van der Waals surface area contributed by atoms with Crippen molar-refractivity contribution in [3.05, 3.63) is 65.2 Å². The van der Waals surface area contributed by atoms with Crippen molar-refractivity contribution in [1.82, 2.24) is 15.1 Å². The van der Waals surface area contributed by atoms with Gasteiger partial charge in [-0.3, -0.25) is 14.4 Å². The highest BCUT2D eigenvalue weighted by Gasteiger charge is 2.31. The van der Waals surface area contributed by atoms with Crippen molar-refractivity contribution in [2.45, 2.75) is 38.3 Å². The fraction of sp³-hybridized carbons (Fsp3) is 0.423. The van der Waals surface area contributed by atoms with E-state index in [1.54, 1.807) is 17.0 Å². The molecule has 0 fully saturated rings. The molecule has 0 saturated heterocycles. The molecule has 1 atom stereocenters. The number of anilines is 1. The predicted molar refractivity (Wildman–Crippen MR) is 132 cm³/mol. The van der Waals surface area contributed by atoms with Gasteiger partial charge in [0.25, 0.3) is 5.91 Å². The van der Waals surface area contributed by atoms with E-state index in [0.29, 0.717) is 37.3 Å². The number of amides is 2. The number of rotatable bonds is 11. The molecule has 8 nitrogen and oxygen atoms in total. The van der Waals surface area contributed by atoms with Gasteiger partial charge in [-0.2, -0.15) is 0 Å². The number of carbonyl (C=O) groups excluding carboxylic acids is 2. The minimum atomic E-state index is -1.05. The normalized spacial score (nSPS) is 15.4. The first-order chi connectivity index (χ1) is 16.3. The summed E-state index contributed by atoms with van der Waals surface area (Å²) in [6.07, 6.45) is 2.23. The lowest BCUT2D eigenvalue weighted by molar-refractivity contribution is -0.141. The summed E-state index contributed by atoms with van der Waals surface area (Å²) in [7, 11) is 4.04. The lowest BCUT2D eigenvalue weighted by Gasteiger charge is -2.24. The van der Waals surface area contributed by atoms with Gasteiger partial charge in [-0.05, 0) is 63.2 Å². The van der Waals surface area contributed by atoms with E-state index in [1.807, 2.05) is 50.5 Å². The van der Waals surface area contributed by atoms with Crippen LogP contribution < -0.4 is 10.6 Å². The topological polar surface area (TPSA) is 102 Å². The molecule has 0 radical (unpaired) electrons. The van der Waals surface area contributed by atoms with Crippen molar-refractivity contribution in [3.8, 4) is 0 Å². The number of hydrogen-bond donors (Lipinski definition) is 3. The van der Waals surface area contributed by atoms with Crippen LogP contribution in [0.25, 0.3) is 0 Å². The number of unbranched alkanes of at least 4 members (excludes halogenated alkanes) is 1. The SMILES string of the molecule is CN(C)CCCCNC(=O)c1ccc2c(c1)N[C@H](CC(=O)O)C(=O)N(CCc1ccccc1)C2. The maximum Gasteiger partial charge on any atom is 0.305 e. The fourth-order valence-electron chi connectivity index (χ4n) is 4.01. The van der Waals surface area contributed by atoms with Gasteiger partial charge in [0.1, 0.15) is 6.04 Å². The molecule has 0 spiro atoms. The number of nitrogens with zero attached hydrogens (tertiary/aromatic N) is 2. The highest BCUT2D eigenvalue weighted by Crippen LogP contribution is 2.26. The molecule has 1 aliphatic rings. The standard InChI is InChI=1S/C26H34N4O4/c1-29(2)14-7-6-13-27-25(33)20-10-11-21-18-30(15-12-19-8-4-3-5-9-19)26(34)23(17-24(31)32)28-22(21)16-20/h3-5,8-11,16,23,28H,6-7,12-15,17-18H2,1-2H3,(H,27,33)(H,31,32)/t23-/m1/s1. The molecule has 8 heteroatoms. The van der Waals surface area contributed by atoms with Gasteiger partial charge in [0, 0.05) is 30.9 Å². The molecule has 3 rings (SSSR count). The zero-order chi connectivity index (χ0) is 24.5. The number of carboxylic acids is 1. The Hall–Kier alpha value is -3.39. The van der Waals surface area contributed by atoms with Gasteiger partial charge in [0.05, 0.1) is 6.42 Å². The molecule has 2 aromatic carbocycles. The second kappa shape index (κ2) is 12.2. The second-order valence-electron chi connectivity index (χ2n) is 8.93. The van der Waals surface area contributed by atoms with Gasteiger partial charge in [0.15, 0.2) is 0 Å². The number of carbonyl (C=O) groups is 3. The van der Waals surface area contributed by atoms with Gasteiger partial charge in [-0.1, -0.05) is 36.4 Å². The molecule has 0 bridgehead atoms. The molecule has 0 unspecified atom stereocenters.